The van der Waals surface area contributed by atoms with Crippen molar-refractivity contribution >= 4 is 23.2 Å². The lowest BCUT2D eigenvalue weighted by Crippen LogP contribution is -2.03. The monoisotopic (exact) mass is 289 g/mol. The molecule has 19 heavy (non-hydrogen) atoms. The summed E-state index contributed by atoms with van der Waals surface area (Å²) in [4.78, 5) is 0. The zero-order chi connectivity index (χ0) is 13.4. The van der Waals surface area contributed by atoms with Gasteiger partial charge in [-0.25, -0.2) is 0 Å². The molecule has 0 bridgehead atoms. The van der Waals surface area contributed by atoms with Gasteiger partial charge >= 0.3 is 0 Å². The minimum absolute atomic E-state index is 0.0853. The minimum atomic E-state index is -0.0853. The number of hydrogen-bond donors (Lipinski definition) is 0. The Bertz CT molecular complexity index is 660. The molecule has 0 spiro atoms. The standard InChI is InChI=1S/C15H9Cl2NO/c16-12-5-11-6-14(19-15(11)7-13(12)17)10-3-1-2-9(4-10)8-18/h1-5,7,14H,6H2. The van der Waals surface area contributed by atoms with Crippen LogP contribution in [0.1, 0.15) is 22.8 Å². The summed E-state index contributed by atoms with van der Waals surface area (Å²) in [6.45, 7) is 0. The van der Waals surface area contributed by atoms with Crippen LogP contribution >= 0.6 is 23.2 Å². The molecular formula is C15H9Cl2NO. The van der Waals surface area contributed by atoms with Gasteiger partial charge in [0.1, 0.15) is 11.9 Å². The largest absolute Gasteiger partial charge is 0.485 e. The minimum Gasteiger partial charge on any atom is -0.485 e. The van der Waals surface area contributed by atoms with Crippen LogP contribution < -0.4 is 4.74 Å². The number of rotatable bonds is 1. The van der Waals surface area contributed by atoms with Gasteiger partial charge in [0.15, 0.2) is 0 Å². The van der Waals surface area contributed by atoms with Crippen molar-refractivity contribution in [1.29, 1.82) is 5.26 Å². The fraction of sp³-hybridized carbons (Fsp3) is 0.133. The predicted octanol–water partition coefficient (Wildman–Crippen LogP) is 4.54. The molecule has 1 aliphatic heterocycles. The summed E-state index contributed by atoms with van der Waals surface area (Å²) >= 11 is 12.0. The van der Waals surface area contributed by atoms with E-state index in [0.717, 1.165) is 23.3 Å². The van der Waals surface area contributed by atoms with Crippen LogP contribution in [0.2, 0.25) is 10.0 Å². The zero-order valence-corrected chi connectivity index (χ0v) is 11.4. The van der Waals surface area contributed by atoms with E-state index in [1.54, 1.807) is 12.1 Å². The number of hydrogen-bond acceptors (Lipinski definition) is 2. The maximum absolute atomic E-state index is 8.93. The third-order valence-electron chi connectivity index (χ3n) is 3.17. The average Bonchev–Trinajstić information content (AvgIpc) is 2.82. The quantitative estimate of drug-likeness (QED) is 0.772. The van der Waals surface area contributed by atoms with E-state index in [2.05, 4.69) is 6.07 Å². The SMILES string of the molecule is N#Cc1cccc(C2Cc3cc(Cl)c(Cl)cc3O2)c1. The summed E-state index contributed by atoms with van der Waals surface area (Å²) in [6.07, 6.45) is 0.652. The Labute approximate surface area is 121 Å². The van der Waals surface area contributed by atoms with Crippen LogP contribution in [0.25, 0.3) is 0 Å². The lowest BCUT2D eigenvalue weighted by atomic mass is 10.0. The maximum atomic E-state index is 8.93. The first-order chi connectivity index (χ1) is 9.17. The number of nitriles is 1. The van der Waals surface area contributed by atoms with Crippen LogP contribution in [0.5, 0.6) is 5.75 Å². The number of fused-ring (bicyclic) bond motifs is 1. The fourth-order valence-corrected chi connectivity index (χ4v) is 2.57. The van der Waals surface area contributed by atoms with Crippen molar-refractivity contribution in [2.75, 3.05) is 0 Å². The first-order valence-corrected chi connectivity index (χ1v) is 6.57. The van der Waals surface area contributed by atoms with Gasteiger partial charge in [0, 0.05) is 12.5 Å². The molecule has 0 radical (unpaired) electrons. The molecule has 2 nitrogen and oxygen atoms in total. The van der Waals surface area contributed by atoms with Crippen molar-refractivity contribution in [3.8, 4) is 11.8 Å². The second-order valence-electron chi connectivity index (χ2n) is 4.42. The van der Waals surface area contributed by atoms with E-state index in [0.29, 0.717) is 15.6 Å². The molecule has 2 aromatic rings. The smallest absolute Gasteiger partial charge is 0.128 e. The van der Waals surface area contributed by atoms with Gasteiger partial charge in [-0.3, -0.25) is 0 Å². The molecule has 4 heteroatoms. The van der Waals surface area contributed by atoms with Crippen molar-refractivity contribution in [3.05, 3.63) is 63.1 Å². The molecule has 2 aromatic carbocycles. The summed E-state index contributed by atoms with van der Waals surface area (Å²) in [5.74, 6) is 0.766. The molecule has 0 amide bonds. The summed E-state index contributed by atoms with van der Waals surface area (Å²) in [7, 11) is 0. The molecule has 0 N–H and O–H groups in total. The normalized spacial score (nSPS) is 16.6. The molecule has 0 saturated heterocycles. The molecule has 94 valence electrons. The van der Waals surface area contributed by atoms with Crippen LogP contribution in [0.15, 0.2) is 36.4 Å². The third kappa shape index (κ3) is 2.28. The Morgan fingerprint density at radius 3 is 2.74 bits per heavy atom. The molecule has 1 atom stereocenters. The van der Waals surface area contributed by atoms with Crippen molar-refractivity contribution in [3.63, 3.8) is 0 Å². The summed E-state index contributed by atoms with van der Waals surface area (Å²) in [6, 6.07) is 13.2. The second-order valence-corrected chi connectivity index (χ2v) is 5.24. The molecule has 1 heterocycles. The molecule has 0 aromatic heterocycles. The highest BCUT2D eigenvalue weighted by molar-refractivity contribution is 6.42. The molecule has 3 rings (SSSR count). The Balaban J connectivity index is 1.93. The van der Waals surface area contributed by atoms with Crippen molar-refractivity contribution in [2.45, 2.75) is 12.5 Å². The summed E-state index contributed by atoms with van der Waals surface area (Å²) < 4.78 is 5.88. The Kier molecular flexibility index (Phi) is 3.10. The zero-order valence-electron chi connectivity index (χ0n) is 9.86. The van der Waals surface area contributed by atoms with E-state index in [-0.39, 0.29) is 6.10 Å². The van der Waals surface area contributed by atoms with E-state index in [9.17, 15) is 0 Å². The number of ether oxygens (including phenoxy) is 1. The second kappa shape index (κ2) is 4.77. The summed E-state index contributed by atoms with van der Waals surface area (Å²) in [5.41, 5.74) is 2.66. The first-order valence-electron chi connectivity index (χ1n) is 5.82. The molecule has 1 aliphatic rings. The van der Waals surface area contributed by atoms with Crippen molar-refractivity contribution in [1.82, 2.24) is 0 Å². The van der Waals surface area contributed by atoms with E-state index >= 15 is 0 Å². The van der Waals surface area contributed by atoms with Gasteiger partial charge in [-0.15, -0.1) is 0 Å². The first kappa shape index (κ1) is 12.3. The van der Waals surface area contributed by atoms with Crippen LogP contribution in [0.3, 0.4) is 0 Å². The van der Waals surface area contributed by atoms with E-state index in [4.69, 9.17) is 33.2 Å². The number of nitrogens with zero attached hydrogens (tertiary/aromatic N) is 1. The molecule has 0 aliphatic carbocycles. The van der Waals surface area contributed by atoms with Crippen LogP contribution in [-0.2, 0) is 6.42 Å². The highest BCUT2D eigenvalue weighted by Crippen LogP contribution is 2.40. The molecule has 0 fully saturated rings. The van der Waals surface area contributed by atoms with Crippen LogP contribution in [0, 0.1) is 11.3 Å². The number of halogens is 2. The maximum Gasteiger partial charge on any atom is 0.128 e. The fourth-order valence-electron chi connectivity index (χ4n) is 2.23. The highest BCUT2D eigenvalue weighted by Gasteiger charge is 2.25. The van der Waals surface area contributed by atoms with E-state index < -0.39 is 0 Å². The molecule has 1 unspecified atom stereocenters. The lowest BCUT2D eigenvalue weighted by molar-refractivity contribution is 0.238. The van der Waals surface area contributed by atoms with Gasteiger partial charge in [0.2, 0.25) is 0 Å². The average molecular weight is 290 g/mol. The van der Waals surface area contributed by atoms with Crippen LogP contribution in [0.4, 0.5) is 0 Å². The lowest BCUT2D eigenvalue weighted by Gasteiger charge is -2.11. The van der Waals surface area contributed by atoms with Crippen molar-refractivity contribution in [2.24, 2.45) is 0 Å². The van der Waals surface area contributed by atoms with Gasteiger partial charge in [-0.05, 0) is 29.3 Å². The Hall–Kier alpha value is -1.69. The van der Waals surface area contributed by atoms with Gasteiger partial charge in [0.05, 0.1) is 21.7 Å². The van der Waals surface area contributed by atoms with Gasteiger partial charge < -0.3 is 4.74 Å². The van der Waals surface area contributed by atoms with E-state index in [1.165, 1.54) is 0 Å². The van der Waals surface area contributed by atoms with Gasteiger partial charge in [0.25, 0.3) is 0 Å². The molecular weight excluding hydrogens is 281 g/mol. The third-order valence-corrected chi connectivity index (χ3v) is 3.89. The van der Waals surface area contributed by atoms with E-state index in [1.807, 2.05) is 24.3 Å². The van der Waals surface area contributed by atoms with Crippen LogP contribution in [-0.4, -0.2) is 0 Å². The Morgan fingerprint density at radius 2 is 1.95 bits per heavy atom. The van der Waals surface area contributed by atoms with Gasteiger partial charge in [-0.1, -0.05) is 35.3 Å². The predicted molar refractivity (Wildman–Crippen MR) is 74.7 cm³/mol. The number of benzene rings is 2. The highest BCUT2D eigenvalue weighted by atomic mass is 35.5. The summed E-state index contributed by atoms with van der Waals surface area (Å²) in [5, 5.41) is 9.96. The topological polar surface area (TPSA) is 33.0 Å². The van der Waals surface area contributed by atoms with Crippen molar-refractivity contribution < 1.29 is 4.74 Å². The Morgan fingerprint density at radius 1 is 1.16 bits per heavy atom. The molecule has 0 saturated carbocycles. The van der Waals surface area contributed by atoms with Gasteiger partial charge in [-0.2, -0.15) is 5.26 Å².